The van der Waals surface area contributed by atoms with E-state index in [1.165, 1.54) is 40.9 Å². The van der Waals surface area contributed by atoms with E-state index < -0.39 is 5.25 Å². The molecule has 2 aromatic carbocycles. The van der Waals surface area contributed by atoms with Crippen LogP contribution in [0.3, 0.4) is 0 Å². The van der Waals surface area contributed by atoms with Gasteiger partial charge in [0.1, 0.15) is 16.8 Å². The average molecular weight is 401 g/mol. The fourth-order valence-corrected chi connectivity index (χ4v) is 3.76. The van der Waals surface area contributed by atoms with Crippen molar-refractivity contribution >= 4 is 40.1 Å². The number of amides is 2. The van der Waals surface area contributed by atoms with Gasteiger partial charge in [-0.2, -0.15) is 0 Å². The van der Waals surface area contributed by atoms with Crippen molar-refractivity contribution < 1.29 is 18.7 Å². The quantitative estimate of drug-likeness (QED) is 0.799. The van der Waals surface area contributed by atoms with Crippen molar-refractivity contribution in [3.8, 4) is 5.75 Å². The maximum atomic E-state index is 12.9. The summed E-state index contributed by atoms with van der Waals surface area (Å²) in [6, 6.07) is 12.7. The van der Waals surface area contributed by atoms with Crippen molar-refractivity contribution in [1.82, 2.24) is 4.90 Å². The van der Waals surface area contributed by atoms with E-state index in [9.17, 15) is 14.0 Å². The predicted octanol–water partition coefficient (Wildman–Crippen LogP) is 3.81. The minimum Gasteiger partial charge on any atom is -0.494 e. The number of hydrogen-bond donors (Lipinski definition) is 1. The molecule has 0 aliphatic carbocycles. The molecule has 2 aromatic rings. The number of aliphatic imine (C=N–C) groups is 1. The van der Waals surface area contributed by atoms with Gasteiger partial charge in [-0.25, -0.2) is 9.38 Å². The van der Waals surface area contributed by atoms with Gasteiger partial charge in [0, 0.05) is 19.2 Å². The topological polar surface area (TPSA) is 71.0 Å². The molecule has 1 saturated heterocycles. The summed E-state index contributed by atoms with van der Waals surface area (Å²) < 4.78 is 18.3. The van der Waals surface area contributed by atoms with Crippen LogP contribution in [0.25, 0.3) is 0 Å². The van der Waals surface area contributed by atoms with Crippen LogP contribution in [-0.2, 0) is 9.59 Å². The molecule has 8 heteroatoms. The molecule has 1 aliphatic heterocycles. The van der Waals surface area contributed by atoms with Gasteiger partial charge >= 0.3 is 0 Å². The first-order valence-corrected chi connectivity index (χ1v) is 9.65. The van der Waals surface area contributed by atoms with Crippen LogP contribution < -0.4 is 10.1 Å². The van der Waals surface area contributed by atoms with Gasteiger partial charge in [0.15, 0.2) is 5.17 Å². The van der Waals surface area contributed by atoms with Crippen molar-refractivity contribution in [2.45, 2.75) is 18.6 Å². The van der Waals surface area contributed by atoms with Gasteiger partial charge in [0.05, 0.1) is 12.3 Å². The molecule has 0 aromatic heterocycles. The Hall–Kier alpha value is -2.87. The summed E-state index contributed by atoms with van der Waals surface area (Å²) in [6.45, 7) is 2.50. The number of ether oxygens (including phenoxy) is 1. The zero-order chi connectivity index (χ0) is 20.1. The average Bonchev–Trinajstić information content (AvgIpc) is 2.93. The van der Waals surface area contributed by atoms with Crippen LogP contribution in [0, 0.1) is 5.82 Å². The smallest absolute Gasteiger partial charge is 0.242 e. The van der Waals surface area contributed by atoms with Gasteiger partial charge in [-0.1, -0.05) is 11.8 Å². The van der Waals surface area contributed by atoms with E-state index in [0.717, 1.165) is 5.75 Å². The number of rotatable bonds is 6. The molecule has 6 nitrogen and oxygen atoms in total. The lowest BCUT2D eigenvalue weighted by Crippen LogP contribution is -2.30. The molecule has 3 rings (SSSR count). The number of amidine groups is 1. The first-order valence-electron chi connectivity index (χ1n) is 8.77. The standard InChI is InChI=1S/C20H20FN3O3S/c1-3-27-16-10-8-15(9-11-16)23-20-24(2)19(26)17(28-20)12-18(25)22-14-6-4-13(21)5-7-14/h4-11,17H,3,12H2,1-2H3,(H,22,25)/t17-/m1/s1. The summed E-state index contributed by atoms with van der Waals surface area (Å²) in [7, 11) is 1.64. The molecule has 28 heavy (non-hydrogen) atoms. The minimum atomic E-state index is -0.549. The summed E-state index contributed by atoms with van der Waals surface area (Å²) in [4.78, 5) is 30.6. The molecular formula is C20H20FN3O3S. The highest BCUT2D eigenvalue weighted by Crippen LogP contribution is 2.31. The van der Waals surface area contributed by atoms with E-state index in [0.29, 0.717) is 23.1 Å². The SMILES string of the molecule is CCOc1ccc(N=C2S[C@H](CC(=O)Nc3ccc(F)cc3)C(=O)N2C)cc1. The maximum Gasteiger partial charge on any atom is 0.242 e. The second-order valence-electron chi connectivity index (χ2n) is 6.08. The Bertz CT molecular complexity index is 885. The fraction of sp³-hybridized carbons (Fsp3) is 0.250. The van der Waals surface area contributed by atoms with Crippen LogP contribution in [-0.4, -0.2) is 40.8 Å². The second kappa shape index (κ2) is 8.88. The van der Waals surface area contributed by atoms with Gasteiger partial charge in [-0.3, -0.25) is 14.5 Å². The molecule has 1 atom stereocenters. The predicted molar refractivity (Wildman–Crippen MR) is 109 cm³/mol. The van der Waals surface area contributed by atoms with Gasteiger partial charge in [-0.05, 0) is 55.5 Å². The van der Waals surface area contributed by atoms with Gasteiger partial charge < -0.3 is 10.1 Å². The Balaban J connectivity index is 1.63. The lowest BCUT2D eigenvalue weighted by atomic mass is 10.2. The molecular weight excluding hydrogens is 381 g/mol. The largest absolute Gasteiger partial charge is 0.494 e. The molecule has 1 aliphatic rings. The number of anilines is 1. The number of thioether (sulfide) groups is 1. The van der Waals surface area contributed by atoms with E-state index in [1.807, 2.05) is 31.2 Å². The summed E-state index contributed by atoms with van der Waals surface area (Å²) in [5.74, 6) is -0.112. The highest BCUT2D eigenvalue weighted by molar-refractivity contribution is 8.15. The maximum absolute atomic E-state index is 12.9. The molecule has 0 radical (unpaired) electrons. The third kappa shape index (κ3) is 4.89. The molecule has 0 unspecified atom stereocenters. The Kier molecular flexibility index (Phi) is 6.30. The normalized spacial score (nSPS) is 17.8. The summed E-state index contributed by atoms with van der Waals surface area (Å²) in [5, 5.41) is 2.66. The van der Waals surface area contributed by atoms with E-state index in [4.69, 9.17) is 4.74 Å². The molecule has 0 spiro atoms. The highest BCUT2D eigenvalue weighted by Gasteiger charge is 2.37. The fourth-order valence-electron chi connectivity index (χ4n) is 2.60. The van der Waals surface area contributed by atoms with Crippen molar-refractivity contribution in [2.24, 2.45) is 4.99 Å². The number of halogens is 1. The number of nitrogens with one attached hydrogen (secondary N) is 1. The summed E-state index contributed by atoms with van der Waals surface area (Å²) in [5.41, 5.74) is 1.18. The Morgan fingerprint density at radius 2 is 1.89 bits per heavy atom. The Labute approximate surface area is 166 Å². The molecule has 0 saturated carbocycles. The molecule has 1 heterocycles. The first kappa shape index (κ1) is 19.9. The molecule has 1 N–H and O–H groups in total. The van der Waals surface area contributed by atoms with Crippen LogP contribution in [0.2, 0.25) is 0 Å². The lowest BCUT2D eigenvalue weighted by Gasteiger charge is -2.09. The number of nitrogens with zero attached hydrogens (tertiary/aromatic N) is 2. The summed E-state index contributed by atoms with van der Waals surface area (Å²) in [6.07, 6.45) is 0.00745. The van der Waals surface area contributed by atoms with E-state index >= 15 is 0 Å². The van der Waals surface area contributed by atoms with Crippen LogP contribution in [0.4, 0.5) is 15.8 Å². The molecule has 1 fully saturated rings. The van der Waals surface area contributed by atoms with Gasteiger partial charge in [0.2, 0.25) is 11.8 Å². The summed E-state index contributed by atoms with van der Waals surface area (Å²) >= 11 is 1.25. The van der Waals surface area contributed by atoms with Crippen molar-refractivity contribution in [3.05, 3.63) is 54.3 Å². The number of carbonyl (C=O) groups is 2. The first-order chi connectivity index (χ1) is 13.5. The van der Waals surface area contributed by atoms with Crippen molar-refractivity contribution in [2.75, 3.05) is 19.0 Å². The number of hydrogen-bond acceptors (Lipinski definition) is 5. The van der Waals surface area contributed by atoms with Gasteiger partial charge in [0.25, 0.3) is 0 Å². The number of carbonyl (C=O) groups excluding carboxylic acids is 2. The van der Waals surface area contributed by atoms with Crippen LogP contribution in [0.5, 0.6) is 5.75 Å². The third-order valence-corrected chi connectivity index (χ3v) is 5.24. The van der Waals surface area contributed by atoms with Crippen molar-refractivity contribution in [3.63, 3.8) is 0 Å². The highest BCUT2D eigenvalue weighted by atomic mass is 32.2. The third-order valence-electron chi connectivity index (χ3n) is 4.01. The second-order valence-corrected chi connectivity index (χ2v) is 7.25. The molecule has 0 bridgehead atoms. The van der Waals surface area contributed by atoms with Crippen LogP contribution >= 0.6 is 11.8 Å². The van der Waals surface area contributed by atoms with Crippen LogP contribution in [0.1, 0.15) is 13.3 Å². The lowest BCUT2D eigenvalue weighted by molar-refractivity contribution is -0.127. The monoisotopic (exact) mass is 401 g/mol. The Morgan fingerprint density at radius 3 is 2.54 bits per heavy atom. The Morgan fingerprint density at radius 1 is 1.21 bits per heavy atom. The minimum absolute atomic E-state index is 0.00745. The van der Waals surface area contributed by atoms with E-state index in [-0.39, 0.29) is 24.1 Å². The van der Waals surface area contributed by atoms with Gasteiger partial charge in [-0.15, -0.1) is 0 Å². The van der Waals surface area contributed by atoms with Crippen molar-refractivity contribution in [1.29, 1.82) is 0 Å². The zero-order valence-electron chi connectivity index (χ0n) is 15.5. The molecule has 146 valence electrons. The molecule has 2 amide bonds. The van der Waals surface area contributed by atoms with E-state index in [2.05, 4.69) is 10.3 Å². The number of benzene rings is 2. The van der Waals surface area contributed by atoms with Crippen LogP contribution in [0.15, 0.2) is 53.5 Å². The zero-order valence-corrected chi connectivity index (χ0v) is 16.3. The van der Waals surface area contributed by atoms with E-state index in [1.54, 1.807) is 7.05 Å².